The summed E-state index contributed by atoms with van der Waals surface area (Å²) < 4.78 is 0. The standard InChI is InChI=1S/C16H22/c1-2-3-12-16(13-8-5-9-14-16)15-10-6-4-7-11-15/h2,4,6-7,10-11H,1,3,5,8-9,12-14H2. The summed E-state index contributed by atoms with van der Waals surface area (Å²) in [6.07, 6.45) is 11.4. The predicted octanol–water partition coefficient (Wildman–Crippen LogP) is 4.85. The maximum absolute atomic E-state index is 3.87. The Bertz CT molecular complexity index is 317. The van der Waals surface area contributed by atoms with E-state index in [2.05, 4.69) is 43.0 Å². The first-order valence-electron chi connectivity index (χ1n) is 6.54. The summed E-state index contributed by atoms with van der Waals surface area (Å²) in [7, 11) is 0. The van der Waals surface area contributed by atoms with Gasteiger partial charge in [0, 0.05) is 0 Å². The molecule has 2 rings (SSSR count). The number of hydrogen-bond acceptors (Lipinski definition) is 0. The first-order valence-corrected chi connectivity index (χ1v) is 6.54. The molecule has 86 valence electrons. The van der Waals surface area contributed by atoms with Gasteiger partial charge in [0.15, 0.2) is 0 Å². The Morgan fingerprint density at radius 3 is 2.38 bits per heavy atom. The van der Waals surface area contributed by atoms with Crippen LogP contribution in [-0.2, 0) is 5.41 Å². The van der Waals surface area contributed by atoms with Crippen LogP contribution < -0.4 is 0 Å². The minimum Gasteiger partial charge on any atom is -0.103 e. The van der Waals surface area contributed by atoms with Crippen molar-refractivity contribution in [2.24, 2.45) is 0 Å². The molecule has 1 fully saturated rings. The van der Waals surface area contributed by atoms with Gasteiger partial charge in [0.1, 0.15) is 0 Å². The van der Waals surface area contributed by atoms with Crippen LogP contribution in [-0.4, -0.2) is 0 Å². The smallest absolute Gasteiger partial charge is 0.00440 e. The van der Waals surface area contributed by atoms with E-state index >= 15 is 0 Å². The van der Waals surface area contributed by atoms with E-state index in [9.17, 15) is 0 Å². The number of hydrogen-bond donors (Lipinski definition) is 0. The van der Waals surface area contributed by atoms with Gasteiger partial charge in [0.05, 0.1) is 0 Å². The summed E-state index contributed by atoms with van der Waals surface area (Å²) in [6, 6.07) is 11.1. The fourth-order valence-electron chi connectivity index (χ4n) is 3.08. The summed E-state index contributed by atoms with van der Waals surface area (Å²) in [4.78, 5) is 0. The van der Waals surface area contributed by atoms with Crippen molar-refractivity contribution in [2.45, 2.75) is 50.4 Å². The zero-order valence-electron chi connectivity index (χ0n) is 10.1. The molecule has 0 amide bonds. The van der Waals surface area contributed by atoms with Gasteiger partial charge in [0.2, 0.25) is 0 Å². The van der Waals surface area contributed by atoms with Crippen LogP contribution in [0, 0.1) is 0 Å². The summed E-state index contributed by atoms with van der Waals surface area (Å²) in [6.45, 7) is 3.87. The van der Waals surface area contributed by atoms with E-state index in [1.807, 2.05) is 0 Å². The summed E-state index contributed by atoms with van der Waals surface area (Å²) in [5.41, 5.74) is 2.00. The first kappa shape index (κ1) is 11.4. The lowest BCUT2D eigenvalue weighted by Crippen LogP contribution is -2.28. The van der Waals surface area contributed by atoms with Crippen molar-refractivity contribution in [1.29, 1.82) is 0 Å². The Balaban J connectivity index is 2.22. The van der Waals surface area contributed by atoms with Crippen LogP contribution in [0.25, 0.3) is 0 Å². The Morgan fingerprint density at radius 2 is 1.75 bits per heavy atom. The van der Waals surface area contributed by atoms with Crippen LogP contribution in [0.5, 0.6) is 0 Å². The molecule has 0 radical (unpaired) electrons. The molecule has 0 bridgehead atoms. The van der Waals surface area contributed by atoms with Crippen molar-refractivity contribution in [3.63, 3.8) is 0 Å². The zero-order valence-corrected chi connectivity index (χ0v) is 10.1. The van der Waals surface area contributed by atoms with Crippen molar-refractivity contribution in [3.8, 4) is 0 Å². The van der Waals surface area contributed by atoms with Gasteiger partial charge in [0.25, 0.3) is 0 Å². The lowest BCUT2D eigenvalue weighted by Gasteiger charge is -2.38. The van der Waals surface area contributed by atoms with E-state index in [1.54, 1.807) is 5.56 Å². The molecule has 0 heterocycles. The number of allylic oxidation sites excluding steroid dienone is 1. The van der Waals surface area contributed by atoms with Crippen molar-refractivity contribution in [1.82, 2.24) is 0 Å². The fraction of sp³-hybridized carbons (Fsp3) is 0.500. The second-order valence-corrected chi connectivity index (χ2v) is 5.03. The van der Waals surface area contributed by atoms with Gasteiger partial charge >= 0.3 is 0 Å². The van der Waals surface area contributed by atoms with Gasteiger partial charge in [-0.05, 0) is 36.7 Å². The highest BCUT2D eigenvalue weighted by molar-refractivity contribution is 5.26. The fourth-order valence-corrected chi connectivity index (χ4v) is 3.08. The third-order valence-electron chi connectivity index (χ3n) is 4.02. The van der Waals surface area contributed by atoms with Crippen molar-refractivity contribution in [2.75, 3.05) is 0 Å². The van der Waals surface area contributed by atoms with Crippen molar-refractivity contribution < 1.29 is 0 Å². The summed E-state index contributed by atoms with van der Waals surface area (Å²) in [5, 5.41) is 0. The molecule has 0 unspecified atom stereocenters. The Hall–Kier alpha value is -1.04. The lowest BCUT2D eigenvalue weighted by molar-refractivity contribution is 0.275. The molecule has 0 heteroatoms. The topological polar surface area (TPSA) is 0 Å². The molecule has 0 spiro atoms. The molecule has 1 aromatic carbocycles. The van der Waals surface area contributed by atoms with Gasteiger partial charge in [-0.2, -0.15) is 0 Å². The van der Waals surface area contributed by atoms with Crippen LogP contribution in [0.4, 0.5) is 0 Å². The van der Waals surface area contributed by atoms with Crippen molar-refractivity contribution >= 4 is 0 Å². The second kappa shape index (κ2) is 5.34. The summed E-state index contributed by atoms with van der Waals surface area (Å²) in [5.74, 6) is 0. The monoisotopic (exact) mass is 214 g/mol. The molecular formula is C16H22. The van der Waals surface area contributed by atoms with Crippen LogP contribution in [0.2, 0.25) is 0 Å². The third kappa shape index (κ3) is 2.37. The van der Waals surface area contributed by atoms with Gasteiger partial charge in [-0.15, -0.1) is 6.58 Å². The average Bonchev–Trinajstić information content (AvgIpc) is 2.38. The molecule has 0 N–H and O–H groups in total. The maximum Gasteiger partial charge on any atom is -0.00440 e. The maximum atomic E-state index is 3.87. The van der Waals surface area contributed by atoms with E-state index in [0.717, 1.165) is 6.42 Å². The normalized spacial score (nSPS) is 19.2. The van der Waals surface area contributed by atoms with E-state index in [-0.39, 0.29) is 0 Å². The second-order valence-electron chi connectivity index (χ2n) is 5.03. The number of benzene rings is 1. The molecule has 1 aliphatic rings. The van der Waals surface area contributed by atoms with Crippen LogP contribution >= 0.6 is 0 Å². The van der Waals surface area contributed by atoms with Gasteiger partial charge < -0.3 is 0 Å². The minimum absolute atomic E-state index is 0.452. The third-order valence-corrected chi connectivity index (χ3v) is 4.02. The predicted molar refractivity (Wildman–Crippen MR) is 70.6 cm³/mol. The highest BCUT2D eigenvalue weighted by atomic mass is 14.4. The van der Waals surface area contributed by atoms with Crippen LogP contribution in [0.3, 0.4) is 0 Å². The molecule has 1 aliphatic carbocycles. The average molecular weight is 214 g/mol. The molecule has 1 saturated carbocycles. The van der Waals surface area contributed by atoms with Crippen LogP contribution in [0.15, 0.2) is 43.0 Å². The zero-order chi connectivity index (χ0) is 11.3. The number of rotatable bonds is 4. The minimum atomic E-state index is 0.452. The first-order chi connectivity index (χ1) is 7.87. The van der Waals surface area contributed by atoms with Crippen LogP contribution in [0.1, 0.15) is 50.5 Å². The molecular weight excluding hydrogens is 192 g/mol. The molecule has 0 aliphatic heterocycles. The van der Waals surface area contributed by atoms with Crippen molar-refractivity contribution in [3.05, 3.63) is 48.6 Å². The van der Waals surface area contributed by atoms with Gasteiger partial charge in [-0.1, -0.05) is 55.7 Å². The van der Waals surface area contributed by atoms with E-state index < -0.39 is 0 Å². The Morgan fingerprint density at radius 1 is 1.06 bits per heavy atom. The van der Waals surface area contributed by atoms with E-state index in [0.29, 0.717) is 5.41 Å². The quantitative estimate of drug-likeness (QED) is 0.628. The Labute approximate surface area is 99.4 Å². The molecule has 0 saturated heterocycles. The van der Waals surface area contributed by atoms with Gasteiger partial charge in [-0.25, -0.2) is 0 Å². The van der Waals surface area contributed by atoms with E-state index in [1.165, 1.54) is 38.5 Å². The highest BCUT2D eigenvalue weighted by Crippen LogP contribution is 2.42. The highest BCUT2D eigenvalue weighted by Gasteiger charge is 2.32. The molecule has 0 atom stereocenters. The largest absolute Gasteiger partial charge is 0.103 e. The SMILES string of the molecule is C=CCCC1(c2ccccc2)CCCCC1. The van der Waals surface area contributed by atoms with Gasteiger partial charge in [-0.3, -0.25) is 0 Å². The lowest BCUT2D eigenvalue weighted by atomic mass is 9.67. The Kier molecular flexibility index (Phi) is 3.82. The molecule has 0 aromatic heterocycles. The molecule has 0 nitrogen and oxygen atoms in total. The van der Waals surface area contributed by atoms with E-state index in [4.69, 9.17) is 0 Å². The summed E-state index contributed by atoms with van der Waals surface area (Å²) >= 11 is 0. The molecule has 16 heavy (non-hydrogen) atoms. The molecule has 1 aromatic rings.